The predicted molar refractivity (Wildman–Crippen MR) is 121 cm³/mol. The zero-order valence-electron chi connectivity index (χ0n) is 18.2. The first-order valence-electron chi connectivity index (χ1n) is 11.1. The molecule has 0 radical (unpaired) electrons. The van der Waals surface area contributed by atoms with Gasteiger partial charge >= 0.3 is 0 Å². The van der Waals surface area contributed by atoms with Crippen LogP contribution in [0.4, 0.5) is 11.5 Å². The van der Waals surface area contributed by atoms with Crippen molar-refractivity contribution in [2.24, 2.45) is 0 Å². The van der Waals surface area contributed by atoms with E-state index in [0.29, 0.717) is 11.9 Å². The van der Waals surface area contributed by atoms with Crippen LogP contribution < -0.4 is 19.7 Å². The third-order valence-electron chi connectivity index (χ3n) is 6.04. The normalized spacial score (nSPS) is 21.3. The van der Waals surface area contributed by atoms with Crippen molar-refractivity contribution in [1.82, 2.24) is 19.9 Å². The number of morpholine rings is 1. The summed E-state index contributed by atoms with van der Waals surface area (Å²) in [5.74, 6) is 2.07. The first kappa shape index (κ1) is 20.7. The Balaban J connectivity index is 1.26. The van der Waals surface area contributed by atoms with Crippen LogP contribution >= 0.6 is 0 Å². The van der Waals surface area contributed by atoms with Crippen LogP contribution in [0.2, 0.25) is 0 Å². The molecule has 0 unspecified atom stereocenters. The molecule has 9 heteroatoms. The minimum atomic E-state index is 0.148. The van der Waals surface area contributed by atoms with Gasteiger partial charge in [0.1, 0.15) is 17.1 Å². The maximum Gasteiger partial charge on any atom is 0.233 e. The van der Waals surface area contributed by atoms with Gasteiger partial charge in [-0.3, -0.25) is 9.97 Å². The molecular formula is C23H28N6O3. The second kappa shape index (κ2) is 9.52. The highest BCUT2D eigenvalue weighted by atomic mass is 16.5. The van der Waals surface area contributed by atoms with Crippen LogP contribution in [-0.4, -0.2) is 65.5 Å². The Morgan fingerprint density at radius 3 is 2.66 bits per heavy atom. The molecule has 1 aliphatic carbocycles. The highest BCUT2D eigenvalue weighted by Crippen LogP contribution is 2.33. The van der Waals surface area contributed by atoms with Gasteiger partial charge < -0.3 is 24.4 Å². The van der Waals surface area contributed by atoms with Gasteiger partial charge in [0.15, 0.2) is 0 Å². The molecule has 0 bridgehead atoms. The molecule has 1 saturated heterocycles. The monoisotopic (exact) mass is 436 g/mol. The number of hydrogen-bond acceptors (Lipinski definition) is 9. The summed E-state index contributed by atoms with van der Waals surface area (Å²) in [6.07, 6.45) is 10.8. The van der Waals surface area contributed by atoms with Crippen molar-refractivity contribution in [2.75, 3.05) is 43.6 Å². The van der Waals surface area contributed by atoms with Crippen molar-refractivity contribution in [3.8, 4) is 11.6 Å². The van der Waals surface area contributed by atoms with Crippen molar-refractivity contribution >= 4 is 22.5 Å². The third kappa shape index (κ3) is 4.67. The van der Waals surface area contributed by atoms with Crippen molar-refractivity contribution in [3.63, 3.8) is 0 Å². The molecule has 1 N–H and O–H groups in total. The highest BCUT2D eigenvalue weighted by molar-refractivity contribution is 5.85. The zero-order chi connectivity index (χ0) is 21.8. The van der Waals surface area contributed by atoms with Gasteiger partial charge in [0.25, 0.3) is 0 Å². The summed E-state index contributed by atoms with van der Waals surface area (Å²) in [5, 5.41) is 3.47. The van der Waals surface area contributed by atoms with Gasteiger partial charge in [-0.2, -0.15) is 4.98 Å². The van der Waals surface area contributed by atoms with Crippen LogP contribution in [0.15, 0.2) is 36.9 Å². The molecule has 3 heterocycles. The topological polar surface area (TPSA) is 94.5 Å². The van der Waals surface area contributed by atoms with Crippen LogP contribution in [0.25, 0.3) is 11.0 Å². The second-order valence-electron chi connectivity index (χ2n) is 8.15. The number of benzene rings is 1. The number of ether oxygens (including phenoxy) is 3. The number of aromatic nitrogens is 4. The fourth-order valence-electron chi connectivity index (χ4n) is 4.35. The Morgan fingerprint density at radius 2 is 1.84 bits per heavy atom. The molecule has 32 heavy (non-hydrogen) atoms. The van der Waals surface area contributed by atoms with Crippen LogP contribution in [0.1, 0.15) is 25.7 Å². The SMILES string of the molecule is COc1cncc(N[C@H]2CC[C@@H](Oc3cc(N4CCOCC4)cc4nccnc34)CC2)n1. The maximum absolute atomic E-state index is 6.50. The largest absolute Gasteiger partial charge is 0.488 e. The molecule has 5 rings (SSSR count). The molecular weight excluding hydrogens is 408 g/mol. The number of nitrogens with one attached hydrogen (secondary N) is 1. The number of hydrogen-bond donors (Lipinski definition) is 1. The molecule has 0 amide bonds. The molecule has 2 fully saturated rings. The van der Waals surface area contributed by atoms with Crippen molar-refractivity contribution in [3.05, 3.63) is 36.9 Å². The lowest BCUT2D eigenvalue weighted by Gasteiger charge is -2.31. The number of methoxy groups -OCH3 is 1. The Bertz CT molecular complexity index is 1050. The van der Waals surface area contributed by atoms with E-state index >= 15 is 0 Å². The third-order valence-corrected chi connectivity index (χ3v) is 6.04. The quantitative estimate of drug-likeness (QED) is 0.625. The van der Waals surface area contributed by atoms with E-state index in [1.807, 2.05) is 0 Å². The second-order valence-corrected chi connectivity index (χ2v) is 8.15. The van der Waals surface area contributed by atoms with Gasteiger partial charge in [0.2, 0.25) is 5.88 Å². The molecule has 9 nitrogen and oxygen atoms in total. The number of fused-ring (bicyclic) bond motifs is 1. The summed E-state index contributed by atoms with van der Waals surface area (Å²) in [7, 11) is 1.60. The Hall–Kier alpha value is -3.20. The lowest BCUT2D eigenvalue weighted by atomic mass is 9.93. The highest BCUT2D eigenvalue weighted by Gasteiger charge is 2.24. The average molecular weight is 437 g/mol. The molecule has 3 aromatic rings. The molecule has 0 spiro atoms. The van der Waals surface area contributed by atoms with Gasteiger partial charge in [-0.1, -0.05) is 0 Å². The van der Waals surface area contributed by atoms with Gasteiger partial charge in [-0.05, 0) is 31.7 Å². The summed E-state index contributed by atoms with van der Waals surface area (Å²) in [6, 6.07) is 4.54. The standard InChI is InChI=1S/C23H28N6O3/c1-30-22-15-24-14-21(28-22)27-16-2-4-18(5-3-16)32-20-13-17(29-8-10-31-11-9-29)12-19-23(20)26-7-6-25-19/h6-7,12-16,18H,2-5,8-11H2,1H3,(H,27,28)/t16-,18+. The first-order valence-corrected chi connectivity index (χ1v) is 11.1. The fourth-order valence-corrected chi connectivity index (χ4v) is 4.35. The van der Waals surface area contributed by atoms with Gasteiger partial charge in [0, 0.05) is 43.3 Å². The Kier molecular flexibility index (Phi) is 6.15. The summed E-state index contributed by atoms with van der Waals surface area (Å²) >= 11 is 0. The van der Waals surface area contributed by atoms with Gasteiger partial charge in [0.05, 0.1) is 44.3 Å². The molecule has 1 aliphatic heterocycles. The Morgan fingerprint density at radius 1 is 1.03 bits per heavy atom. The molecule has 168 valence electrons. The Labute approximate surface area is 187 Å². The van der Waals surface area contributed by atoms with Crippen molar-refractivity contribution in [1.29, 1.82) is 0 Å². The summed E-state index contributed by atoms with van der Waals surface area (Å²) in [4.78, 5) is 20.0. The average Bonchev–Trinajstić information content (AvgIpc) is 2.86. The zero-order valence-corrected chi connectivity index (χ0v) is 18.2. The summed E-state index contributed by atoms with van der Waals surface area (Å²) < 4.78 is 17.2. The van der Waals surface area contributed by atoms with E-state index in [4.69, 9.17) is 14.2 Å². The van der Waals surface area contributed by atoms with E-state index in [-0.39, 0.29) is 6.10 Å². The van der Waals surface area contributed by atoms with Gasteiger partial charge in [-0.15, -0.1) is 0 Å². The molecule has 1 aromatic carbocycles. The minimum absolute atomic E-state index is 0.148. The smallest absolute Gasteiger partial charge is 0.233 e. The van der Waals surface area contributed by atoms with Crippen LogP contribution in [0.3, 0.4) is 0 Å². The minimum Gasteiger partial charge on any atom is -0.488 e. The lowest BCUT2D eigenvalue weighted by Crippen LogP contribution is -2.36. The first-order chi connectivity index (χ1) is 15.8. The van der Waals surface area contributed by atoms with E-state index in [2.05, 4.69) is 42.3 Å². The van der Waals surface area contributed by atoms with Crippen LogP contribution in [0.5, 0.6) is 11.6 Å². The molecule has 2 aliphatic rings. The summed E-state index contributed by atoms with van der Waals surface area (Å²) in [6.45, 7) is 3.22. The van der Waals surface area contributed by atoms with Crippen LogP contribution in [-0.2, 0) is 4.74 Å². The molecule has 1 saturated carbocycles. The lowest BCUT2D eigenvalue weighted by molar-refractivity contribution is 0.122. The van der Waals surface area contributed by atoms with E-state index in [1.165, 1.54) is 0 Å². The van der Waals surface area contributed by atoms with Gasteiger partial charge in [-0.25, -0.2) is 4.98 Å². The maximum atomic E-state index is 6.50. The van der Waals surface area contributed by atoms with E-state index in [9.17, 15) is 0 Å². The number of anilines is 2. The molecule has 2 aromatic heterocycles. The number of rotatable bonds is 6. The number of nitrogens with zero attached hydrogens (tertiary/aromatic N) is 5. The fraction of sp³-hybridized carbons (Fsp3) is 0.478. The van der Waals surface area contributed by atoms with E-state index in [0.717, 1.165) is 80.3 Å². The molecule has 0 atom stereocenters. The van der Waals surface area contributed by atoms with Crippen molar-refractivity contribution < 1.29 is 14.2 Å². The summed E-state index contributed by atoms with van der Waals surface area (Å²) in [5.41, 5.74) is 2.79. The van der Waals surface area contributed by atoms with E-state index < -0.39 is 0 Å². The van der Waals surface area contributed by atoms with E-state index in [1.54, 1.807) is 31.9 Å². The van der Waals surface area contributed by atoms with Crippen molar-refractivity contribution in [2.45, 2.75) is 37.8 Å². The van der Waals surface area contributed by atoms with Crippen LogP contribution in [0, 0.1) is 0 Å². The predicted octanol–water partition coefficient (Wildman–Crippen LogP) is 3.07.